The summed E-state index contributed by atoms with van der Waals surface area (Å²) in [4.78, 5) is 8.50. The first-order valence-electron chi connectivity index (χ1n) is 5.01. The highest BCUT2D eigenvalue weighted by molar-refractivity contribution is 7.13. The molecule has 0 bridgehead atoms. The number of nitrogen functional groups attached to an aromatic ring is 1. The molecule has 0 aliphatic heterocycles. The third-order valence-electron chi connectivity index (χ3n) is 2.15. The number of nitrogens with zero attached hydrogens (tertiary/aromatic N) is 2. The van der Waals surface area contributed by atoms with Crippen LogP contribution in [0.5, 0.6) is 5.75 Å². The van der Waals surface area contributed by atoms with Gasteiger partial charge in [0.1, 0.15) is 11.4 Å². The summed E-state index contributed by atoms with van der Waals surface area (Å²) < 4.78 is 5.43. The molecule has 0 aliphatic rings. The van der Waals surface area contributed by atoms with Crippen LogP contribution in [0.2, 0.25) is 0 Å². The maximum Gasteiger partial charge on any atom is 0.180 e. The standard InChI is InChI=1S/C11H13N3OS/c1-3-15-10-5-13-8(4-7(10)2)9-6-16-11(12)14-9/h4-6H,3H2,1-2H3,(H2,12,14). The Hall–Kier alpha value is -1.62. The Morgan fingerprint density at radius 3 is 2.81 bits per heavy atom. The summed E-state index contributed by atoms with van der Waals surface area (Å²) in [5.41, 5.74) is 8.28. The molecule has 5 heteroatoms. The van der Waals surface area contributed by atoms with E-state index in [4.69, 9.17) is 10.5 Å². The lowest BCUT2D eigenvalue weighted by molar-refractivity contribution is 0.336. The molecule has 0 atom stereocenters. The van der Waals surface area contributed by atoms with Crippen molar-refractivity contribution in [2.75, 3.05) is 12.3 Å². The van der Waals surface area contributed by atoms with Crippen LogP contribution in [-0.2, 0) is 0 Å². The van der Waals surface area contributed by atoms with Gasteiger partial charge in [-0.3, -0.25) is 4.98 Å². The number of ether oxygens (including phenoxy) is 1. The maximum atomic E-state index is 5.59. The molecule has 4 nitrogen and oxygen atoms in total. The molecular weight excluding hydrogens is 222 g/mol. The Morgan fingerprint density at radius 2 is 2.25 bits per heavy atom. The molecule has 2 aromatic heterocycles. The highest BCUT2D eigenvalue weighted by Gasteiger charge is 2.07. The van der Waals surface area contributed by atoms with Gasteiger partial charge in [-0.1, -0.05) is 0 Å². The van der Waals surface area contributed by atoms with Gasteiger partial charge >= 0.3 is 0 Å². The van der Waals surface area contributed by atoms with E-state index in [9.17, 15) is 0 Å². The Morgan fingerprint density at radius 1 is 1.44 bits per heavy atom. The van der Waals surface area contributed by atoms with Gasteiger partial charge in [0.15, 0.2) is 5.13 Å². The minimum atomic E-state index is 0.559. The van der Waals surface area contributed by atoms with E-state index in [1.807, 2.05) is 25.3 Å². The zero-order valence-corrected chi connectivity index (χ0v) is 10.0. The number of pyridine rings is 1. The van der Waals surface area contributed by atoms with E-state index >= 15 is 0 Å². The number of aryl methyl sites for hydroxylation is 1. The molecule has 2 N–H and O–H groups in total. The third-order valence-corrected chi connectivity index (χ3v) is 2.82. The second-order valence-corrected chi connectivity index (χ2v) is 4.23. The molecule has 0 radical (unpaired) electrons. The van der Waals surface area contributed by atoms with Gasteiger partial charge in [-0.2, -0.15) is 0 Å². The zero-order valence-electron chi connectivity index (χ0n) is 9.23. The number of nitrogens with two attached hydrogens (primary N) is 1. The van der Waals surface area contributed by atoms with Gasteiger partial charge in [0.25, 0.3) is 0 Å². The summed E-state index contributed by atoms with van der Waals surface area (Å²) in [7, 11) is 0. The molecule has 0 aliphatic carbocycles. The van der Waals surface area contributed by atoms with E-state index in [1.165, 1.54) is 11.3 Å². The fourth-order valence-electron chi connectivity index (χ4n) is 1.40. The number of aromatic nitrogens is 2. The molecule has 0 saturated heterocycles. The molecule has 0 fully saturated rings. The van der Waals surface area contributed by atoms with E-state index < -0.39 is 0 Å². The summed E-state index contributed by atoms with van der Waals surface area (Å²) in [5, 5.41) is 2.46. The minimum absolute atomic E-state index is 0.559. The molecule has 0 unspecified atom stereocenters. The van der Waals surface area contributed by atoms with Crippen molar-refractivity contribution in [3.63, 3.8) is 0 Å². The van der Waals surface area contributed by atoms with Crippen molar-refractivity contribution in [1.29, 1.82) is 0 Å². The van der Waals surface area contributed by atoms with E-state index in [2.05, 4.69) is 9.97 Å². The summed E-state index contributed by atoms with van der Waals surface area (Å²) in [6.45, 7) is 4.59. The number of thiazole rings is 1. The molecule has 0 spiro atoms. The molecule has 0 amide bonds. The second-order valence-electron chi connectivity index (χ2n) is 3.34. The number of anilines is 1. The first kappa shape index (κ1) is 10.9. The third kappa shape index (κ3) is 2.14. The van der Waals surface area contributed by atoms with Gasteiger partial charge < -0.3 is 10.5 Å². The first-order chi connectivity index (χ1) is 7.70. The van der Waals surface area contributed by atoms with Crippen LogP contribution in [0.15, 0.2) is 17.6 Å². The molecule has 2 rings (SSSR count). The van der Waals surface area contributed by atoms with Crippen LogP contribution in [0.3, 0.4) is 0 Å². The van der Waals surface area contributed by atoms with Crippen LogP contribution in [0.4, 0.5) is 5.13 Å². The summed E-state index contributed by atoms with van der Waals surface area (Å²) in [5.74, 6) is 0.814. The van der Waals surface area contributed by atoms with E-state index in [0.29, 0.717) is 11.7 Å². The summed E-state index contributed by atoms with van der Waals surface area (Å²) in [6, 6.07) is 1.96. The lowest BCUT2D eigenvalue weighted by Gasteiger charge is -2.06. The Bertz CT molecular complexity index is 496. The van der Waals surface area contributed by atoms with Gasteiger partial charge in [0, 0.05) is 5.38 Å². The topological polar surface area (TPSA) is 61.0 Å². The molecule has 0 aromatic carbocycles. The Balaban J connectivity index is 2.34. The van der Waals surface area contributed by atoms with Crippen molar-refractivity contribution in [1.82, 2.24) is 9.97 Å². The lowest BCUT2D eigenvalue weighted by atomic mass is 10.2. The number of hydrogen-bond acceptors (Lipinski definition) is 5. The van der Waals surface area contributed by atoms with Crippen molar-refractivity contribution < 1.29 is 4.74 Å². The minimum Gasteiger partial charge on any atom is -0.492 e. The van der Waals surface area contributed by atoms with Crippen LogP contribution >= 0.6 is 11.3 Å². The Kier molecular flexibility index (Phi) is 3.05. The molecular formula is C11H13N3OS. The van der Waals surface area contributed by atoms with Crippen molar-refractivity contribution in [2.45, 2.75) is 13.8 Å². The van der Waals surface area contributed by atoms with Crippen molar-refractivity contribution in [3.05, 3.63) is 23.2 Å². The molecule has 2 aromatic rings. The highest BCUT2D eigenvalue weighted by Crippen LogP contribution is 2.25. The zero-order chi connectivity index (χ0) is 11.5. The van der Waals surface area contributed by atoms with Crippen LogP contribution in [0.25, 0.3) is 11.4 Å². The fraction of sp³-hybridized carbons (Fsp3) is 0.273. The number of rotatable bonds is 3. The van der Waals surface area contributed by atoms with Crippen molar-refractivity contribution in [2.24, 2.45) is 0 Å². The molecule has 2 heterocycles. The summed E-state index contributed by atoms with van der Waals surface area (Å²) >= 11 is 1.41. The Labute approximate surface area is 98.1 Å². The molecule has 84 valence electrons. The highest BCUT2D eigenvalue weighted by atomic mass is 32.1. The first-order valence-corrected chi connectivity index (χ1v) is 5.89. The van der Waals surface area contributed by atoms with E-state index in [1.54, 1.807) is 6.20 Å². The van der Waals surface area contributed by atoms with Crippen LogP contribution in [0.1, 0.15) is 12.5 Å². The van der Waals surface area contributed by atoms with Gasteiger partial charge in [-0.05, 0) is 25.5 Å². The van der Waals surface area contributed by atoms with Gasteiger partial charge in [0.2, 0.25) is 0 Å². The lowest BCUT2D eigenvalue weighted by Crippen LogP contribution is -1.96. The van der Waals surface area contributed by atoms with Crippen molar-refractivity contribution >= 4 is 16.5 Å². The largest absolute Gasteiger partial charge is 0.492 e. The van der Waals surface area contributed by atoms with Crippen molar-refractivity contribution in [3.8, 4) is 17.1 Å². The second kappa shape index (κ2) is 4.49. The molecule has 16 heavy (non-hydrogen) atoms. The normalized spacial score (nSPS) is 10.4. The average molecular weight is 235 g/mol. The van der Waals surface area contributed by atoms with E-state index in [-0.39, 0.29) is 0 Å². The smallest absolute Gasteiger partial charge is 0.180 e. The monoisotopic (exact) mass is 235 g/mol. The fourth-order valence-corrected chi connectivity index (χ4v) is 1.95. The molecule has 0 saturated carbocycles. The van der Waals surface area contributed by atoms with Gasteiger partial charge in [-0.15, -0.1) is 11.3 Å². The predicted molar refractivity (Wildman–Crippen MR) is 65.7 cm³/mol. The van der Waals surface area contributed by atoms with Crippen LogP contribution in [0, 0.1) is 6.92 Å². The van der Waals surface area contributed by atoms with Crippen LogP contribution in [-0.4, -0.2) is 16.6 Å². The predicted octanol–water partition coefficient (Wildman–Crippen LogP) is 2.49. The number of hydrogen-bond donors (Lipinski definition) is 1. The van der Waals surface area contributed by atoms with E-state index in [0.717, 1.165) is 22.7 Å². The van der Waals surface area contributed by atoms with Gasteiger partial charge in [-0.25, -0.2) is 4.98 Å². The van der Waals surface area contributed by atoms with Crippen LogP contribution < -0.4 is 10.5 Å². The SMILES string of the molecule is CCOc1cnc(-c2csc(N)n2)cc1C. The maximum absolute atomic E-state index is 5.59. The summed E-state index contributed by atoms with van der Waals surface area (Å²) in [6.07, 6.45) is 1.73. The average Bonchev–Trinajstić information content (AvgIpc) is 2.68. The quantitative estimate of drug-likeness (QED) is 0.887. The van der Waals surface area contributed by atoms with Gasteiger partial charge in [0.05, 0.1) is 18.5 Å².